The van der Waals surface area contributed by atoms with Gasteiger partial charge in [0.2, 0.25) is 28.5 Å². The second kappa shape index (κ2) is 31.7. The van der Waals surface area contributed by atoms with Crippen LogP contribution >= 0.6 is 0 Å². The van der Waals surface area contributed by atoms with Gasteiger partial charge in [-0.15, -0.1) is 0 Å². The molecule has 0 bridgehead atoms. The number of anilines is 20. The smallest absolute Gasteiger partial charge is 0.360 e. The first-order valence-electron chi connectivity index (χ1n) is 51.5. The number of para-hydroxylation sites is 11. The number of hydrogen-bond acceptors (Lipinski definition) is 10. The fourth-order valence-electron chi connectivity index (χ4n) is 27.1. The highest BCUT2D eigenvalue weighted by atomic mass is 15.4. The Morgan fingerprint density at radius 2 is 0.432 bits per heavy atom. The lowest BCUT2D eigenvalue weighted by atomic mass is 9.59. The first-order chi connectivity index (χ1) is 72.1. The topological polar surface area (TPSA) is 51.8 Å². The highest BCUT2D eigenvalue weighted by Gasteiger charge is 2.59. The Labute approximate surface area is 852 Å². The fourth-order valence-corrected chi connectivity index (χ4v) is 27.1. The molecule has 0 N–H and O–H groups in total. The number of aromatic nitrogens is 5. The van der Waals surface area contributed by atoms with E-state index >= 15 is 0 Å². The molecule has 146 heavy (non-hydrogen) atoms. The lowest BCUT2D eigenvalue weighted by Gasteiger charge is -2.34. The summed E-state index contributed by atoms with van der Waals surface area (Å²) < 4.78 is 12.0. The van der Waals surface area contributed by atoms with Gasteiger partial charge in [-0.05, 0) is 217 Å². The molecule has 0 aliphatic carbocycles. The molecule has 20 heteroatoms. The van der Waals surface area contributed by atoms with E-state index < -0.39 is 0 Å². The Balaban J connectivity index is 0.0000000829. The Hall–Kier alpha value is -17.6. The molecule has 20 aromatic rings. The van der Waals surface area contributed by atoms with Crippen LogP contribution in [0.1, 0.15) is 69.8 Å². The van der Waals surface area contributed by atoms with Gasteiger partial charge in [0.1, 0.15) is 28.4 Å². The summed E-state index contributed by atoms with van der Waals surface area (Å²) >= 11 is 0. The summed E-state index contributed by atoms with van der Waals surface area (Å²) in [6.07, 6.45) is 11.1. The summed E-state index contributed by atoms with van der Waals surface area (Å²) in [4.78, 5) is 25.2. The molecule has 15 aliphatic rings. The summed E-state index contributed by atoms with van der Waals surface area (Å²) in [5, 5.41) is 0. The molecule has 15 aromatic carbocycles. The number of pyridine rings is 5. The highest BCUT2D eigenvalue weighted by molar-refractivity contribution is 6.89. The maximum atomic E-state index is 2.54. The van der Waals surface area contributed by atoms with Crippen molar-refractivity contribution in [3.8, 4) is 56.3 Å². The Morgan fingerprint density at radius 1 is 0.192 bits per heavy atom. The minimum atomic E-state index is 0.124. The maximum absolute atomic E-state index is 2.54. The van der Waals surface area contributed by atoms with Crippen LogP contribution in [-0.2, 0) is 32.7 Å². The molecule has 20 heterocycles. The number of fused-ring (bicyclic) bond motifs is 25. The number of benzene rings is 15. The molecule has 15 aliphatic heterocycles. The average molecular weight is 1880 g/mol. The van der Waals surface area contributed by atoms with E-state index in [0.29, 0.717) is 5.92 Å². The molecule has 0 saturated carbocycles. The van der Waals surface area contributed by atoms with E-state index in [2.05, 4.69) is 537 Å². The first-order valence-corrected chi connectivity index (χ1v) is 51.5. The summed E-state index contributed by atoms with van der Waals surface area (Å²) in [5.41, 5.74) is 58.7. The van der Waals surface area contributed by atoms with Crippen molar-refractivity contribution in [2.24, 2.45) is 0 Å². The predicted molar refractivity (Wildman–Crippen MR) is 597 cm³/mol. The molecule has 0 unspecified atom stereocenters. The molecular formula is C126H97B5N15+5. The van der Waals surface area contributed by atoms with Crippen molar-refractivity contribution in [3.63, 3.8) is 0 Å². The van der Waals surface area contributed by atoms with Gasteiger partial charge in [0.05, 0.1) is 84.7 Å². The third-order valence-corrected chi connectivity index (χ3v) is 32.9. The van der Waals surface area contributed by atoms with Gasteiger partial charge in [0.15, 0.2) is 63.7 Å². The van der Waals surface area contributed by atoms with E-state index in [0.717, 1.165) is 32.7 Å². The zero-order valence-electron chi connectivity index (χ0n) is 81.7. The average Bonchev–Trinajstić information content (AvgIpc) is 1.54. The van der Waals surface area contributed by atoms with Crippen LogP contribution in [0.5, 0.6) is 0 Å². The third kappa shape index (κ3) is 11.9. The van der Waals surface area contributed by atoms with Crippen molar-refractivity contribution in [1.82, 2.24) is 0 Å². The van der Waals surface area contributed by atoms with E-state index in [9.17, 15) is 0 Å². The van der Waals surface area contributed by atoms with Crippen LogP contribution < -0.4 is 98.3 Å². The minimum Gasteiger partial charge on any atom is -0.360 e. The Morgan fingerprint density at radius 3 is 0.747 bits per heavy atom. The maximum Gasteiger partial charge on any atom is 0.421 e. The van der Waals surface area contributed by atoms with Gasteiger partial charge in [0.25, 0.3) is 0 Å². The van der Waals surface area contributed by atoms with Crippen molar-refractivity contribution < 1.29 is 22.8 Å². The minimum absolute atomic E-state index is 0.124. The predicted octanol–water partition coefficient (Wildman–Crippen LogP) is 22.1. The monoisotopic (exact) mass is 1870 g/mol. The zero-order valence-corrected chi connectivity index (χ0v) is 81.7. The Kier molecular flexibility index (Phi) is 18.0. The molecule has 0 fully saturated rings. The van der Waals surface area contributed by atoms with Crippen LogP contribution in [0.3, 0.4) is 0 Å². The molecule has 0 amide bonds. The first kappa shape index (κ1) is 83.0. The molecule has 0 saturated heterocycles. The molecule has 686 valence electrons. The normalized spacial score (nSPS) is 14.7. The van der Waals surface area contributed by atoms with Gasteiger partial charge in [0, 0.05) is 86.1 Å². The number of hydrogen-bond donors (Lipinski definition) is 0. The summed E-state index contributed by atoms with van der Waals surface area (Å²) in [7, 11) is 0. The second-order valence-corrected chi connectivity index (χ2v) is 41.4. The van der Waals surface area contributed by atoms with Gasteiger partial charge in [-0.1, -0.05) is 244 Å². The standard InChI is InChI=1S/C27H23BN3.3C25H19BN3.C24H17BN3/c1-18(2)19-12-14-21(15-13-19)30-23-9-3-4-10-24(23)31-25-11-6-16-29-17-20-7-5-8-22(28(30)31)26(20)27(25)29;1-17-11-13-19(14-12-17)28-21-8-2-3-9-22(21)29-23-10-5-15-27-16-18-6-4-7-20(26(28)29)24(18)25(23)27;1-17-12-13-21-23(15-17)29-22-11-6-14-27-16-18-7-5-10-20(24(18)25(22)27)26(29)28(21)19-8-3-2-4-9-19;1-17-14-23-25-24-18(16-27(25)15-17)8-7-11-20(24)26-28(19-9-3-2-4-10-19)21-12-5-6-13-22(21)29(23)26;1-2-9-18(10-3-1)27-20-12-4-5-13-21(20)28-22-14-7-15-26-16-17-8-6-11-19(25(27)28)23(17)24(22)26/h3-16,18H,17H2,1-2H3;3*2-15H,16H2,1H3;1-15H,16H2/q5*+1. The molecular weight excluding hydrogens is 1780 g/mol. The number of rotatable bonds is 6. The lowest BCUT2D eigenvalue weighted by Crippen LogP contribution is -2.56. The Bertz CT molecular complexity index is 8960. The van der Waals surface area contributed by atoms with Crippen LogP contribution in [0, 0.1) is 20.8 Å². The van der Waals surface area contributed by atoms with Crippen molar-refractivity contribution in [2.75, 3.05) is 48.1 Å². The largest absolute Gasteiger partial charge is 0.421 e. The van der Waals surface area contributed by atoms with Crippen molar-refractivity contribution in [1.29, 1.82) is 0 Å². The van der Waals surface area contributed by atoms with Gasteiger partial charge >= 0.3 is 34.9 Å². The molecule has 35 rings (SSSR count). The van der Waals surface area contributed by atoms with Crippen molar-refractivity contribution in [3.05, 3.63) is 481 Å². The molecule has 0 radical (unpaired) electrons. The van der Waals surface area contributed by atoms with Crippen LogP contribution in [-0.4, -0.2) is 34.9 Å². The van der Waals surface area contributed by atoms with E-state index in [4.69, 9.17) is 0 Å². The summed E-state index contributed by atoms with van der Waals surface area (Å²) in [6.45, 7) is 16.5. The highest BCUT2D eigenvalue weighted by Crippen LogP contribution is 2.59. The molecule has 0 atom stereocenters. The molecule has 0 spiro atoms. The lowest BCUT2D eigenvalue weighted by molar-refractivity contribution is -0.672. The van der Waals surface area contributed by atoms with Gasteiger partial charge < -0.3 is 48.1 Å². The van der Waals surface area contributed by atoms with Crippen molar-refractivity contribution >= 4 is 176 Å². The zero-order chi connectivity index (χ0) is 96.3. The third-order valence-electron chi connectivity index (χ3n) is 32.9. The molecule has 5 aromatic heterocycles. The van der Waals surface area contributed by atoms with Crippen LogP contribution in [0.2, 0.25) is 0 Å². The van der Waals surface area contributed by atoms with E-state index in [1.807, 2.05) is 0 Å². The summed E-state index contributed by atoms with van der Waals surface area (Å²) in [5.74, 6) is 0.533. The van der Waals surface area contributed by atoms with Crippen LogP contribution in [0.25, 0.3) is 56.3 Å². The van der Waals surface area contributed by atoms with Gasteiger partial charge in [-0.2, -0.15) is 22.8 Å². The SMILES string of the molecule is CC(C)c1ccc(N2B3c4cccc5c4-c4c(ccc[n+]4C5)N3c3ccccc32)cc1.Cc1cc2c3[n+](c1)Cc1cccc(c1-3)B1N(c3ccccc3)c3ccccc3N12.Cc1ccc(N2B3c4cccc5c4-c4c(ccc[n+]4C5)N3c3ccccc32)cc1.Cc1ccc2c(c1)N1B(c3cccc4c3-c3c1ccc[n+]3C4)N2c1ccccc1.c1ccc(N2B3c4cccc5c4-c4c(ccc[n+]4C5)N3c3ccccc32)cc1. The number of aryl methyl sites for hydroxylation is 3. The quantitative estimate of drug-likeness (QED) is 0.119. The van der Waals surface area contributed by atoms with E-state index in [1.54, 1.807) is 0 Å². The number of nitrogens with zero attached hydrogens (tertiary/aromatic N) is 15. The van der Waals surface area contributed by atoms with Crippen LogP contribution in [0.4, 0.5) is 114 Å². The van der Waals surface area contributed by atoms with Crippen molar-refractivity contribution in [2.45, 2.75) is 73.3 Å². The van der Waals surface area contributed by atoms with E-state index in [-0.39, 0.29) is 34.9 Å². The van der Waals surface area contributed by atoms with Gasteiger partial charge in [-0.25, -0.2) is 0 Å². The van der Waals surface area contributed by atoms with E-state index in [1.165, 1.54) is 247 Å². The van der Waals surface area contributed by atoms with Crippen LogP contribution in [0.15, 0.2) is 431 Å². The summed E-state index contributed by atoms with van der Waals surface area (Å²) in [6, 6.07) is 147. The fraction of sp³-hybridized carbons (Fsp3) is 0.0873. The second-order valence-electron chi connectivity index (χ2n) is 41.4. The van der Waals surface area contributed by atoms with Gasteiger partial charge in [-0.3, -0.25) is 0 Å². The molecule has 15 nitrogen and oxygen atoms in total.